The highest BCUT2D eigenvalue weighted by atomic mass is 16.6. The van der Waals surface area contributed by atoms with Crippen LogP contribution < -0.4 is 22.9 Å². The predicted molar refractivity (Wildman–Crippen MR) is 501 cm³/mol. The summed E-state index contributed by atoms with van der Waals surface area (Å²) in [5, 5.41) is 0. The molecule has 0 N–H and O–H groups in total. The minimum Gasteiger partial charge on any atom is -0.497 e. The van der Waals surface area contributed by atoms with Gasteiger partial charge in [0, 0.05) is 80.7 Å². The maximum absolute atomic E-state index is 11.3. The molecule has 0 aromatic carbocycles. The van der Waals surface area contributed by atoms with Crippen molar-refractivity contribution in [1.29, 1.82) is 0 Å². The molecule has 3 saturated heterocycles. The van der Waals surface area contributed by atoms with Gasteiger partial charge in [-0.25, -0.2) is 43.7 Å². The molecule has 9 aliphatic heterocycles. The first-order valence-corrected chi connectivity index (χ1v) is 44.7. The smallest absolute Gasteiger partial charge is 0.441 e. The lowest BCUT2D eigenvalue weighted by Gasteiger charge is -2.34. The Morgan fingerprint density at radius 1 is 0.449 bits per heavy atom. The van der Waals surface area contributed by atoms with Crippen LogP contribution in [0.25, 0.3) is 0 Å². The first-order valence-electron chi connectivity index (χ1n) is 44.7. The number of amidine groups is 1. The van der Waals surface area contributed by atoms with E-state index in [1.165, 1.54) is 49.0 Å². The number of nitrogens with zero attached hydrogens (tertiary/aromatic N) is 12. The molecule has 127 heavy (non-hydrogen) atoms. The molecular formula is C95H156N12O20. The molecule has 9 aliphatic rings. The van der Waals surface area contributed by atoms with Crippen molar-refractivity contribution in [3.8, 4) is 0 Å². The van der Waals surface area contributed by atoms with Crippen LogP contribution in [-0.4, -0.2) is 214 Å². The first-order chi connectivity index (χ1) is 60.0. The molecule has 2 amide bonds. The van der Waals surface area contributed by atoms with Crippen LogP contribution in [0, 0.1) is 53.3 Å². The third-order valence-corrected chi connectivity index (χ3v) is 20.2. The fourth-order valence-electron chi connectivity index (χ4n) is 12.5. The molecule has 0 spiro atoms. The molecule has 0 aliphatic carbocycles. The molecule has 4 unspecified atom stereocenters. The zero-order valence-corrected chi connectivity index (χ0v) is 81.9. The molecule has 0 radical (unpaired) electrons. The average molecular weight is 1790 g/mol. The number of hydrogen-bond donors (Lipinski definition) is 0. The van der Waals surface area contributed by atoms with E-state index in [0.717, 1.165) is 125 Å². The lowest BCUT2D eigenvalue weighted by Crippen LogP contribution is -2.49. The predicted octanol–water partition coefficient (Wildman–Crippen LogP) is 17.6. The van der Waals surface area contributed by atoms with Gasteiger partial charge in [-0.1, -0.05) is 192 Å². The minimum absolute atomic E-state index is 0.0590. The Morgan fingerprint density at radius 2 is 1.05 bits per heavy atom. The Hall–Kier alpha value is -9.34. The van der Waals surface area contributed by atoms with Gasteiger partial charge in [0.15, 0.2) is 31.7 Å². The summed E-state index contributed by atoms with van der Waals surface area (Å²) >= 11 is 0. The number of rotatable bonds is 13. The fraction of sp³-hybridized carbons (Fsp3) is 0.684. The second kappa shape index (κ2) is 66.1. The zero-order valence-electron chi connectivity index (χ0n) is 81.9. The van der Waals surface area contributed by atoms with Gasteiger partial charge in [0.2, 0.25) is 0 Å². The molecule has 32 heteroatoms. The quantitative estimate of drug-likeness (QED) is 0.112. The highest BCUT2D eigenvalue weighted by molar-refractivity contribution is 5.96. The van der Waals surface area contributed by atoms with E-state index >= 15 is 0 Å². The lowest BCUT2D eigenvalue weighted by molar-refractivity contribution is -0.143. The number of aliphatic imine (C=N–C) groups is 5. The van der Waals surface area contributed by atoms with Crippen molar-refractivity contribution < 1.29 is 74.7 Å². The van der Waals surface area contributed by atoms with Crippen LogP contribution in [0.3, 0.4) is 0 Å². The lowest BCUT2D eigenvalue weighted by atomic mass is 9.98. The number of likely N-dealkylation sites (N-methyl/N-ethyl adjacent to an activating group) is 1. The van der Waals surface area contributed by atoms with Gasteiger partial charge in [-0.3, -0.25) is 24.6 Å². The van der Waals surface area contributed by atoms with Crippen LogP contribution in [0.2, 0.25) is 0 Å². The zero-order chi connectivity index (χ0) is 95.7. The summed E-state index contributed by atoms with van der Waals surface area (Å²) in [5.74, 6) is 6.15. The third kappa shape index (κ3) is 52.0. The number of Topliss-reactive ketones (excluding diaryl/α,β-unsaturated/α-hetero) is 1. The average Bonchev–Trinajstić information content (AvgIpc) is 0.843. The van der Waals surface area contributed by atoms with Crippen molar-refractivity contribution >= 4 is 48.0 Å². The summed E-state index contributed by atoms with van der Waals surface area (Å²) in [6.45, 7) is 63.3. The number of carbonyl (C=O) groups excluding carboxylic acids is 3. The van der Waals surface area contributed by atoms with Crippen molar-refractivity contribution in [1.82, 2.24) is 34.6 Å². The summed E-state index contributed by atoms with van der Waals surface area (Å²) < 4.78 is 62.6. The second-order valence-corrected chi connectivity index (χ2v) is 35.0. The molecule has 32 nitrogen and oxygen atoms in total. The van der Waals surface area contributed by atoms with Gasteiger partial charge >= 0.3 is 35.1 Å². The summed E-state index contributed by atoms with van der Waals surface area (Å²) in [6.07, 6.45) is 22.0. The number of amides is 2. The van der Waals surface area contributed by atoms with E-state index in [9.17, 15) is 33.6 Å². The Morgan fingerprint density at radius 3 is 1.39 bits per heavy atom. The largest absolute Gasteiger partial charge is 0.497 e. The summed E-state index contributed by atoms with van der Waals surface area (Å²) in [5.41, 5.74) is 7.50. The normalized spacial score (nSPS) is 18.9. The van der Waals surface area contributed by atoms with Crippen LogP contribution in [-0.2, 0) is 47.4 Å². The van der Waals surface area contributed by atoms with Crippen molar-refractivity contribution in [2.75, 3.05) is 108 Å². The molecule has 4 aromatic heterocycles. The highest BCUT2D eigenvalue weighted by Gasteiger charge is 2.31. The monoisotopic (exact) mass is 1790 g/mol. The van der Waals surface area contributed by atoms with Gasteiger partial charge < -0.3 is 65.2 Å². The Labute approximate surface area is 755 Å². The number of allylic oxidation sites excluding steroid dienone is 2. The summed E-state index contributed by atoms with van der Waals surface area (Å²) in [4.78, 5) is 116. The molecule has 0 saturated carbocycles. The second-order valence-electron chi connectivity index (χ2n) is 35.0. The maximum atomic E-state index is 11.3. The fourth-order valence-corrected chi connectivity index (χ4v) is 12.5. The maximum Gasteiger partial charge on any atom is 0.441 e. The third-order valence-electron chi connectivity index (χ3n) is 20.2. The number of aromatic nitrogens is 4. The molecular weight excluding hydrogens is 1630 g/mol. The van der Waals surface area contributed by atoms with Gasteiger partial charge in [0.05, 0.1) is 102 Å². The van der Waals surface area contributed by atoms with Crippen LogP contribution in [0.1, 0.15) is 265 Å². The van der Waals surface area contributed by atoms with E-state index in [0.29, 0.717) is 105 Å². The van der Waals surface area contributed by atoms with Gasteiger partial charge in [-0.05, 0) is 134 Å². The van der Waals surface area contributed by atoms with E-state index in [2.05, 4.69) is 202 Å². The molecule has 13 rings (SSSR count). The van der Waals surface area contributed by atoms with E-state index < -0.39 is 23.4 Å². The molecule has 716 valence electrons. The number of ketones is 1. The molecule has 3 fully saturated rings. The molecule has 0 bridgehead atoms. The van der Waals surface area contributed by atoms with Gasteiger partial charge in [-0.2, -0.15) is 19.9 Å². The SMILES string of the molecule is CC(C)C1=CCOC=C1.CC(C)C1=CCOCC1.CC(C)C1=NC(=O)OCC1.CC(C)C1=NCOC=N1.CC(C)C1=NCOCC1.CC(C)C1C(=O)COCN1C.CC(C)C1CCOC(=O)N1C.CC(C)C1CCOC=N1.CC(C)C1CCOCN1C.CC(C)c1ccoc(=O)c1.CC(C)c1ccoc(=O)n1.CC(C)c1ccoc(=O)n1.CC(C)c1ncoc(=O)n1. The number of ether oxygens (including phenoxy) is 9. The van der Waals surface area contributed by atoms with E-state index in [1.807, 2.05) is 93.3 Å². The Bertz CT molecular complexity index is 3910. The van der Waals surface area contributed by atoms with Gasteiger partial charge in [0.25, 0.3) is 0 Å². The van der Waals surface area contributed by atoms with E-state index in [1.54, 1.807) is 42.3 Å². The van der Waals surface area contributed by atoms with Crippen LogP contribution in [0.15, 0.2) is 147 Å². The molecule has 4 aromatic rings. The Balaban J connectivity index is 0.000000688. The first kappa shape index (κ1) is 116. The van der Waals surface area contributed by atoms with Gasteiger partial charge in [-0.15, -0.1) is 0 Å². The molecule has 13 heterocycles. The summed E-state index contributed by atoms with van der Waals surface area (Å²) in [7, 11) is 5.84. The van der Waals surface area contributed by atoms with Crippen LogP contribution >= 0.6 is 0 Å². The van der Waals surface area contributed by atoms with Crippen molar-refractivity contribution in [3.63, 3.8) is 0 Å². The van der Waals surface area contributed by atoms with E-state index in [-0.39, 0.29) is 47.9 Å². The van der Waals surface area contributed by atoms with E-state index in [4.69, 9.17) is 37.9 Å². The van der Waals surface area contributed by atoms with Crippen LogP contribution in [0.4, 0.5) is 9.59 Å². The number of cyclic esters (lactones) is 2. The molecule has 4 atom stereocenters. The minimum atomic E-state index is -0.585. The van der Waals surface area contributed by atoms with Crippen molar-refractivity contribution in [3.05, 3.63) is 150 Å². The standard InChI is InChI=1S/2C8H15NO2.C8H17NO.C8H10O2.C8H14O.C8H12O.C7H11NO2.2C7H9NO2.2C7H13NO.C6H8N2O2.C6H10N2O/c1-6(2)8-7(10)4-11-5-9(8)3;1-6(2)7-4-5-11-8(10)9(7)3;1-7(2)8-4-5-10-6-9(8)3;1-6(2)7-3-4-10-8(9)5-7;2*1-7(2)8-3-5-9-6-4-8;3*1-5(2)6-3-4-10-7(9)8-6;2*1-6(2)7-3-4-9-5-8-7;1-4(2)5-7-3-10-6(9)8-5;1-5(2)6-7-3-9-4-8-6/h6,8H,4-5H2,1-3H3;6-7H,4-5H2,1-3H3;7-8H,4-6H2,1-3H3;3-6H,1-2H3;3,7H,4-6H2,1-2H3;3-5,7H,6H2,1-2H3;5H,3-4H2,1-2H3;2*3-5H,1-2H3;6H,3-5H2,1-2H3;5-7H,3-4H2,1-2H3;3-4H,1-2H3;3,5H,4H2,1-2H3. The topological polar surface area (TPSA) is 378 Å². The summed E-state index contributed by atoms with van der Waals surface area (Å²) in [6, 6.07) is 8.38. The van der Waals surface area contributed by atoms with Crippen molar-refractivity contribution in [2.24, 2.45) is 78.2 Å². The van der Waals surface area contributed by atoms with Gasteiger partial charge in [0.1, 0.15) is 31.6 Å². The van der Waals surface area contributed by atoms with Crippen molar-refractivity contribution in [2.45, 2.75) is 266 Å². The number of carbonyl (C=O) groups is 3. The van der Waals surface area contributed by atoms with Crippen LogP contribution in [0.5, 0.6) is 0 Å². The highest BCUT2D eigenvalue weighted by Crippen LogP contribution is 2.22. The Kier molecular flexibility index (Phi) is 60.2. The number of hydrogen-bond acceptors (Lipinski definition) is 30.